The van der Waals surface area contributed by atoms with Crippen LogP contribution in [0.3, 0.4) is 0 Å². The molecule has 0 spiro atoms. The van der Waals surface area contributed by atoms with Crippen LogP contribution in [0, 0.1) is 5.92 Å². The minimum Gasteiger partial charge on any atom is -0.383 e. The van der Waals surface area contributed by atoms with E-state index < -0.39 is 0 Å². The molecule has 6 nitrogen and oxygen atoms in total. The number of para-hydroxylation sites is 1. The van der Waals surface area contributed by atoms with Crippen LogP contribution in [0.5, 0.6) is 0 Å². The summed E-state index contributed by atoms with van der Waals surface area (Å²) in [4.78, 5) is 27.5. The number of piperidine rings is 1. The van der Waals surface area contributed by atoms with Gasteiger partial charge in [-0.05, 0) is 55.8 Å². The van der Waals surface area contributed by atoms with E-state index in [2.05, 4.69) is 15.5 Å². The third kappa shape index (κ3) is 6.68. The molecule has 1 aliphatic rings. The van der Waals surface area contributed by atoms with E-state index in [0.717, 1.165) is 38.0 Å². The summed E-state index contributed by atoms with van der Waals surface area (Å²) in [5.74, 6) is -0.384. The van der Waals surface area contributed by atoms with E-state index in [1.54, 1.807) is 37.4 Å². The average Bonchev–Trinajstić information content (AvgIpc) is 2.76. The van der Waals surface area contributed by atoms with Crippen LogP contribution in [0.4, 0.5) is 5.69 Å². The minimum atomic E-state index is -0.234. The summed E-state index contributed by atoms with van der Waals surface area (Å²) >= 11 is 12.3. The number of hydrogen-bond donors (Lipinski definition) is 2. The van der Waals surface area contributed by atoms with Gasteiger partial charge in [0.05, 0.1) is 17.9 Å². The first-order valence-corrected chi connectivity index (χ1v) is 11.1. The molecule has 0 aromatic heterocycles. The van der Waals surface area contributed by atoms with Crippen LogP contribution in [0.15, 0.2) is 42.5 Å². The van der Waals surface area contributed by atoms with Crippen molar-refractivity contribution in [3.05, 3.63) is 63.6 Å². The van der Waals surface area contributed by atoms with Crippen molar-refractivity contribution in [1.82, 2.24) is 10.2 Å². The number of likely N-dealkylation sites (tertiary alicyclic amines) is 1. The van der Waals surface area contributed by atoms with Crippen LogP contribution in [-0.4, -0.2) is 50.1 Å². The van der Waals surface area contributed by atoms with E-state index in [1.165, 1.54) is 0 Å². The number of hydrogen-bond acceptors (Lipinski definition) is 4. The van der Waals surface area contributed by atoms with Crippen molar-refractivity contribution in [3.8, 4) is 0 Å². The highest BCUT2D eigenvalue weighted by molar-refractivity contribution is 6.35. The lowest BCUT2D eigenvalue weighted by molar-refractivity contribution is -0.121. The Hall–Kier alpha value is -2.12. The molecule has 0 bridgehead atoms. The van der Waals surface area contributed by atoms with Gasteiger partial charge in [-0.15, -0.1) is 0 Å². The van der Waals surface area contributed by atoms with Gasteiger partial charge < -0.3 is 15.4 Å². The van der Waals surface area contributed by atoms with Crippen molar-refractivity contribution < 1.29 is 14.3 Å². The van der Waals surface area contributed by atoms with Gasteiger partial charge in [0.2, 0.25) is 5.91 Å². The van der Waals surface area contributed by atoms with Crippen molar-refractivity contribution in [3.63, 3.8) is 0 Å². The first-order chi connectivity index (χ1) is 15.0. The van der Waals surface area contributed by atoms with Crippen molar-refractivity contribution in [2.45, 2.75) is 19.4 Å². The second-order valence-electron chi connectivity index (χ2n) is 7.57. The molecular formula is C23H27Cl2N3O3. The molecule has 1 heterocycles. The highest BCUT2D eigenvalue weighted by Gasteiger charge is 2.26. The summed E-state index contributed by atoms with van der Waals surface area (Å²) in [6.45, 7) is 3.18. The van der Waals surface area contributed by atoms with Gasteiger partial charge in [0, 0.05) is 36.2 Å². The second-order valence-corrected chi connectivity index (χ2v) is 8.41. The van der Waals surface area contributed by atoms with Gasteiger partial charge in [-0.1, -0.05) is 41.4 Å². The Morgan fingerprint density at radius 1 is 1.13 bits per heavy atom. The largest absolute Gasteiger partial charge is 0.383 e. The van der Waals surface area contributed by atoms with Gasteiger partial charge in [-0.3, -0.25) is 14.5 Å². The highest BCUT2D eigenvalue weighted by atomic mass is 35.5. The predicted molar refractivity (Wildman–Crippen MR) is 124 cm³/mol. The number of carbonyl (C=O) groups is 2. The Kier molecular flexibility index (Phi) is 8.72. The zero-order valence-electron chi connectivity index (χ0n) is 17.5. The highest BCUT2D eigenvalue weighted by Crippen LogP contribution is 2.26. The molecule has 31 heavy (non-hydrogen) atoms. The Balaban J connectivity index is 1.54. The Labute approximate surface area is 192 Å². The molecule has 0 aliphatic carbocycles. The van der Waals surface area contributed by atoms with Crippen LogP contribution in [0.25, 0.3) is 0 Å². The number of methoxy groups -OCH3 is 1. The van der Waals surface area contributed by atoms with E-state index in [1.807, 2.05) is 12.1 Å². The third-order valence-corrected chi connectivity index (χ3v) is 5.98. The van der Waals surface area contributed by atoms with Crippen LogP contribution in [-0.2, 0) is 16.1 Å². The first kappa shape index (κ1) is 23.5. The number of nitrogens with one attached hydrogen (secondary N) is 2. The number of carbonyl (C=O) groups excluding carboxylic acids is 2. The van der Waals surface area contributed by atoms with Crippen LogP contribution in [0.1, 0.15) is 28.8 Å². The lowest BCUT2D eigenvalue weighted by atomic mass is 9.95. The third-order valence-electron chi connectivity index (χ3n) is 5.39. The predicted octanol–water partition coefficient (Wildman–Crippen LogP) is 4.22. The second kappa shape index (κ2) is 11.5. The molecule has 2 aromatic rings. The molecule has 1 saturated heterocycles. The molecule has 8 heteroatoms. The number of anilines is 1. The molecule has 3 rings (SSSR count). The maximum Gasteiger partial charge on any atom is 0.253 e. The normalized spacial score (nSPS) is 14.9. The lowest BCUT2D eigenvalue weighted by Gasteiger charge is -2.31. The van der Waals surface area contributed by atoms with Gasteiger partial charge in [0.15, 0.2) is 0 Å². The summed E-state index contributed by atoms with van der Waals surface area (Å²) < 4.78 is 4.96. The summed E-state index contributed by atoms with van der Waals surface area (Å²) in [5, 5.41) is 7.02. The molecule has 2 aromatic carbocycles. The Morgan fingerprint density at radius 2 is 1.87 bits per heavy atom. The number of halogens is 2. The first-order valence-electron chi connectivity index (χ1n) is 10.3. The molecule has 166 valence electrons. The van der Waals surface area contributed by atoms with Crippen LogP contribution < -0.4 is 10.6 Å². The zero-order valence-corrected chi connectivity index (χ0v) is 19.0. The molecule has 0 saturated carbocycles. The molecular weight excluding hydrogens is 437 g/mol. The average molecular weight is 464 g/mol. The number of amides is 2. The molecule has 2 N–H and O–H groups in total. The fourth-order valence-corrected chi connectivity index (χ4v) is 4.10. The topological polar surface area (TPSA) is 70.7 Å². The smallest absolute Gasteiger partial charge is 0.253 e. The Morgan fingerprint density at radius 3 is 2.58 bits per heavy atom. The van der Waals surface area contributed by atoms with Crippen molar-refractivity contribution in [1.29, 1.82) is 0 Å². The van der Waals surface area contributed by atoms with Gasteiger partial charge in [-0.25, -0.2) is 0 Å². The van der Waals surface area contributed by atoms with Crippen molar-refractivity contribution >= 4 is 40.7 Å². The molecule has 0 atom stereocenters. The lowest BCUT2D eigenvalue weighted by Crippen LogP contribution is -2.38. The van der Waals surface area contributed by atoms with E-state index in [0.29, 0.717) is 34.4 Å². The van der Waals surface area contributed by atoms with Crippen molar-refractivity contribution in [2.75, 3.05) is 38.7 Å². The standard InChI is InChI=1S/C23H27Cl2N3O3/c1-31-13-10-26-23(30)19-4-2-3-5-21(19)27-22(29)16-8-11-28(12-9-16)15-17-6-7-18(24)14-20(17)25/h2-7,14,16H,8-13,15H2,1H3,(H,26,30)(H,27,29). The van der Waals surface area contributed by atoms with Crippen molar-refractivity contribution in [2.24, 2.45) is 5.92 Å². The van der Waals surface area contributed by atoms with Crippen LogP contribution in [0.2, 0.25) is 10.0 Å². The summed E-state index contributed by atoms with van der Waals surface area (Å²) in [6.07, 6.45) is 1.50. The van der Waals surface area contributed by atoms with E-state index in [4.69, 9.17) is 27.9 Å². The number of nitrogens with zero attached hydrogens (tertiary/aromatic N) is 1. The maximum absolute atomic E-state index is 12.8. The fraction of sp³-hybridized carbons (Fsp3) is 0.391. The van der Waals surface area contributed by atoms with Gasteiger partial charge >= 0.3 is 0 Å². The summed E-state index contributed by atoms with van der Waals surface area (Å²) in [6, 6.07) is 12.6. The minimum absolute atomic E-state index is 0.0543. The number of ether oxygens (including phenoxy) is 1. The number of rotatable bonds is 8. The monoisotopic (exact) mass is 463 g/mol. The van der Waals surface area contributed by atoms with Gasteiger partial charge in [0.25, 0.3) is 5.91 Å². The summed E-state index contributed by atoms with van der Waals surface area (Å²) in [5.41, 5.74) is 2.00. The maximum atomic E-state index is 12.8. The SMILES string of the molecule is COCCNC(=O)c1ccccc1NC(=O)C1CCN(Cc2ccc(Cl)cc2Cl)CC1. The fourth-order valence-electron chi connectivity index (χ4n) is 3.63. The number of benzene rings is 2. The molecule has 1 fully saturated rings. The molecule has 1 aliphatic heterocycles. The van der Waals surface area contributed by atoms with E-state index in [-0.39, 0.29) is 17.7 Å². The molecule has 2 amide bonds. The Bertz CT molecular complexity index is 915. The van der Waals surface area contributed by atoms with Gasteiger partial charge in [-0.2, -0.15) is 0 Å². The van der Waals surface area contributed by atoms with E-state index >= 15 is 0 Å². The molecule has 0 unspecified atom stereocenters. The van der Waals surface area contributed by atoms with Crippen LogP contribution >= 0.6 is 23.2 Å². The quantitative estimate of drug-likeness (QED) is 0.574. The zero-order chi connectivity index (χ0) is 22.2. The van der Waals surface area contributed by atoms with Gasteiger partial charge in [0.1, 0.15) is 0 Å². The summed E-state index contributed by atoms with van der Waals surface area (Å²) in [7, 11) is 1.58. The van der Waals surface area contributed by atoms with E-state index in [9.17, 15) is 9.59 Å². The molecule has 0 radical (unpaired) electrons.